The Hall–Kier alpha value is -1.14. The van der Waals surface area contributed by atoms with Gasteiger partial charge in [-0.1, -0.05) is 0 Å². The zero-order valence-electron chi connectivity index (χ0n) is 24.0. The van der Waals surface area contributed by atoms with Gasteiger partial charge in [0.05, 0.1) is 24.0 Å². The summed E-state index contributed by atoms with van der Waals surface area (Å²) >= 11 is 0. The Morgan fingerprint density at radius 2 is 1.02 bits per heavy atom. The van der Waals surface area contributed by atoms with Crippen LogP contribution in [0.2, 0.25) is 0 Å². The fourth-order valence-electron chi connectivity index (χ4n) is 14.2. The highest BCUT2D eigenvalue weighted by Gasteiger charge is 2.68. The SMILES string of the molecule is O=C(OC1(CO)C2CC3CC(C2)CC1C3)C12CC3CC(CC(OC(=O)C4(CO)C5CC6CC(C5)CC4C6)(C3)C1)C2. The normalized spacial score (nSPS) is 58.0. The molecule has 0 aromatic heterocycles. The zero-order valence-corrected chi connectivity index (χ0v) is 24.0. The van der Waals surface area contributed by atoms with Crippen LogP contribution in [0.1, 0.15) is 103 Å². The third-order valence-corrected chi connectivity index (χ3v) is 15.0. The van der Waals surface area contributed by atoms with Gasteiger partial charge in [0, 0.05) is 18.3 Å². The van der Waals surface area contributed by atoms with Crippen LogP contribution in [0.5, 0.6) is 0 Å². The summed E-state index contributed by atoms with van der Waals surface area (Å²) in [5.41, 5.74) is -2.66. The summed E-state index contributed by atoms with van der Waals surface area (Å²) in [5.74, 6) is 4.51. The van der Waals surface area contributed by atoms with Crippen molar-refractivity contribution in [3.63, 3.8) is 0 Å². The van der Waals surface area contributed by atoms with E-state index in [9.17, 15) is 19.8 Å². The molecule has 0 spiro atoms. The molecule has 0 aromatic rings. The number of aliphatic hydroxyl groups excluding tert-OH is 2. The average molecular weight is 553 g/mol. The van der Waals surface area contributed by atoms with E-state index in [2.05, 4.69) is 0 Å². The van der Waals surface area contributed by atoms with Gasteiger partial charge >= 0.3 is 11.9 Å². The number of hydrogen-bond donors (Lipinski definition) is 2. The van der Waals surface area contributed by atoms with Crippen LogP contribution in [0.15, 0.2) is 0 Å². The number of carbonyl (C=O) groups excluding carboxylic acids is 2. The standard InChI is InChI=1S/C34H48O6/c35-17-33(25-4-19-1-20(6-25)7-26(33)5-19)30(38)39-32-14-23-3-24(15-32)13-31(12-23,16-32)29(37)40-34(18-36)27-8-21-2-22(10-27)11-28(34)9-21/h19-28,35-36H,1-18H2. The van der Waals surface area contributed by atoms with Crippen LogP contribution in [0.25, 0.3) is 0 Å². The lowest BCUT2D eigenvalue weighted by Crippen LogP contribution is -2.66. The Kier molecular flexibility index (Phi) is 5.25. The van der Waals surface area contributed by atoms with Crippen molar-refractivity contribution in [3.05, 3.63) is 0 Å². The van der Waals surface area contributed by atoms with Crippen molar-refractivity contribution in [2.75, 3.05) is 13.2 Å². The Labute approximate surface area is 238 Å². The van der Waals surface area contributed by atoms with Crippen molar-refractivity contribution in [1.82, 2.24) is 0 Å². The van der Waals surface area contributed by atoms with Crippen molar-refractivity contribution >= 4 is 11.9 Å². The van der Waals surface area contributed by atoms with Gasteiger partial charge in [-0.3, -0.25) is 9.59 Å². The zero-order chi connectivity index (χ0) is 27.1. The second kappa shape index (κ2) is 8.27. The van der Waals surface area contributed by atoms with E-state index in [1.54, 1.807) is 0 Å². The first-order valence-electron chi connectivity index (χ1n) is 17.0. The Balaban J connectivity index is 0.991. The lowest BCUT2D eigenvalue weighted by Gasteiger charge is -2.63. The van der Waals surface area contributed by atoms with E-state index in [-0.39, 0.29) is 37.0 Å². The monoisotopic (exact) mass is 552 g/mol. The number of esters is 2. The number of hydrogen-bond acceptors (Lipinski definition) is 6. The van der Waals surface area contributed by atoms with E-state index >= 15 is 0 Å². The maximum Gasteiger partial charge on any atom is 0.315 e. The lowest BCUT2D eigenvalue weighted by molar-refractivity contribution is -0.252. The Morgan fingerprint density at radius 3 is 1.50 bits per heavy atom. The van der Waals surface area contributed by atoms with E-state index in [1.807, 2.05) is 0 Å². The molecule has 12 aliphatic rings. The van der Waals surface area contributed by atoms with Crippen LogP contribution in [0.3, 0.4) is 0 Å². The van der Waals surface area contributed by atoms with E-state index in [0.29, 0.717) is 30.1 Å². The second-order valence-electron chi connectivity index (χ2n) is 17.1. The minimum Gasteiger partial charge on any atom is -0.459 e. The van der Waals surface area contributed by atoms with Gasteiger partial charge in [-0.05, 0) is 144 Å². The van der Waals surface area contributed by atoms with Crippen LogP contribution in [-0.2, 0) is 19.1 Å². The minimum absolute atomic E-state index is 0.0552. The highest BCUT2D eigenvalue weighted by atomic mass is 16.6. The van der Waals surface area contributed by atoms with Crippen molar-refractivity contribution in [1.29, 1.82) is 0 Å². The second-order valence-corrected chi connectivity index (χ2v) is 17.1. The predicted molar refractivity (Wildman–Crippen MR) is 145 cm³/mol. The fourth-order valence-corrected chi connectivity index (χ4v) is 14.2. The Bertz CT molecular complexity index is 1040. The molecule has 6 nitrogen and oxygen atoms in total. The van der Waals surface area contributed by atoms with Crippen molar-refractivity contribution in [2.24, 2.45) is 70.0 Å². The number of rotatable bonds is 6. The van der Waals surface area contributed by atoms with Crippen LogP contribution >= 0.6 is 0 Å². The maximum absolute atomic E-state index is 14.4. The molecule has 2 unspecified atom stereocenters. The average Bonchev–Trinajstić information content (AvgIpc) is 2.89. The van der Waals surface area contributed by atoms with Crippen molar-refractivity contribution in [3.8, 4) is 0 Å². The third kappa shape index (κ3) is 3.24. The largest absolute Gasteiger partial charge is 0.459 e. The molecule has 0 aromatic carbocycles. The smallest absolute Gasteiger partial charge is 0.315 e. The minimum atomic E-state index is -0.744. The molecule has 12 fully saturated rings. The summed E-state index contributed by atoms with van der Waals surface area (Å²) in [7, 11) is 0. The molecule has 12 bridgehead atoms. The summed E-state index contributed by atoms with van der Waals surface area (Å²) in [6.45, 7) is -0.152. The summed E-state index contributed by atoms with van der Waals surface area (Å²) in [5, 5.41) is 21.6. The van der Waals surface area contributed by atoms with Gasteiger partial charge in [-0.15, -0.1) is 0 Å². The van der Waals surface area contributed by atoms with E-state index in [0.717, 1.165) is 107 Å². The van der Waals surface area contributed by atoms with Gasteiger partial charge in [-0.25, -0.2) is 0 Å². The molecule has 12 rings (SSSR count). The summed E-state index contributed by atoms with van der Waals surface area (Å²) in [6, 6.07) is 0. The molecule has 12 saturated carbocycles. The van der Waals surface area contributed by atoms with Gasteiger partial charge in [-0.2, -0.15) is 0 Å². The molecular weight excluding hydrogens is 504 g/mol. The van der Waals surface area contributed by atoms with Gasteiger partial charge in [0.2, 0.25) is 0 Å². The van der Waals surface area contributed by atoms with E-state index in [4.69, 9.17) is 9.47 Å². The third-order valence-electron chi connectivity index (χ3n) is 15.0. The van der Waals surface area contributed by atoms with Gasteiger partial charge < -0.3 is 19.7 Å². The molecule has 220 valence electrons. The molecule has 0 saturated heterocycles. The first kappa shape index (κ1) is 25.4. The molecule has 0 radical (unpaired) electrons. The van der Waals surface area contributed by atoms with Gasteiger partial charge in [0.1, 0.15) is 11.2 Å². The fraction of sp³-hybridized carbons (Fsp3) is 0.941. The molecule has 12 aliphatic carbocycles. The molecule has 0 heterocycles. The van der Waals surface area contributed by atoms with Crippen molar-refractivity contribution in [2.45, 2.75) is 114 Å². The first-order chi connectivity index (χ1) is 19.3. The summed E-state index contributed by atoms with van der Waals surface area (Å²) < 4.78 is 13.4. The first-order valence-corrected chi connectivity index (χ1v) is 17.0. The summed E-state index contributed by atoms with van der Waals surface area (Å²) in [6.07, 6.45) is 16.3. The highest BCUT2D eigenvalue weighted by Crippen LogP contribution is 2.67. The number of aliphatic hydroxyl groups is 2. The highest BCUT2D eigenvalue weighted by molar-refractivity contribution is 5.80. The predicted octanol–water partition coefficient (Wildman–Crippen LogP) is 5.03. The maximum atomic E-state index is 14.4. The quantitative estimate of drug-likeness (QED) is 0.449. The molecule has 6 heteroatoms. The van der Waals surface area contributed by atoms with Crippen LogP contribution in [0.4, 0.5) is 0 Å². The van der Waals surface area contributed by atoms with E-state index in [1.165, 1.54) is 12.8 Å². The van der Waals surface area contributed by atoms with Crippen LogP contribution in [0, 0.1) is 70.0 Å². The molecule has 0 amide bonds. The Morgan fingerprint density at radius 1 is 0.550 bits per heavy atom. The van der Waals surface area contributed by atoms with Crippen LogP contribution < -0.4 is 0 Å². The van der Waals surface area contributed by atoms with Gasteiger partial charge in [0.15, 0.2) is 0 Å². The molecule has 40 heavy (non-hydrogen) atoms. The summed E-state index contributed by atoms with van der Waals surface area (Å²) in [4.78, 5) is 28.7. The van der Waals surface area contributed by atoms with Gasteiger partial charge in [0.25, 0.3) is 0 Å². The molecule has 2 N–H and O–H groups in total. The van der Waals surface area contributed by atoms with Crippen molar-refractivity contribution < 1.29 is 29.3 Å². The number of carbonyl (C=O) groups is 2. The molecular formula is C34H48O6. The molecule has 0 aliphatic heterocycles. The van der Waals surface area contributed by atoms with E-state index < -0.39 is 22.0 Å². The van der Waals surface area contributed by atoms with Crippen LogP contribution in [-0.4, -0.2) is 46.6 Å². The number of ether oxygens (including phenoxy) is 2. The molecule has 2 atom stereocenters. The lowest BCUT2D eigenvalue weighted by atomic mass is 9.45. The topological polar surface area (TPSA) is 93.1 Å².